The van der Waals surface area contributed by atoms with Crippen LogP contribution in [0.3, 0.4) is 0 Å². The minimum atomic E-state index is 0.567. The van der Waals surface area contributed by atoms with Gasteiger partial charge in [-0.25, -0.2) is 15.0 Å². The predicted molar refractivity (Wildman–Crippen MR) is 229 cm³/mol. The molecule has 5 heteroatoms. The average molecular weight is 716 g/mol. The van der Waals surface area contributed by atoms with Crippen molar-refractivity contribution in [2.24, 2.45) is 0 Å². The van der Waals surface area contributed by atoms with Crippen LogP contribution in [0.4, 0.5) is 0 Å². The number of hydrogen-bond donors (Lipinski definition) is 0. The number of aromatic nitrogens is 3. The van der Waals surface area contributed by atoms with Crippen LogP contribution in [0.25, 0.3) is 121 Å². The molecule has 0 saturated carbocycles. The van der Waals surface area contributed by atoms with Gasteiger partial charge in [-0.1, -0.05) is 133 Å². The maximum absolute atomic E-state index is 6.52. The van der Waals surface area contributed by atoms with Gasteiger partial charge in [-0.3, -0.25) is 0 Å². The third-order valence-electron chi connectivity index (χ3n) is 11.1. The molecule has 0 radical (unpaired) electrons. The predicted octanol–water partition coefficient (Wildman–Crippen LogP) is 13.8. The minimum Gasteiger partial charge on any atom is -0.456 e. The molecule has 0 aliphatic heterocycles. The fraction of sp³-hybridized carbons (Fsp3) is 0. The van der Waals surface area contributed by atoms with E-state index < -0.39 is 0 Å². The number of hydrogen-bond acceptors (Lipinski definition) is 5. The van der Waals surface area contributed by atoms with Crippen LogP contribution >= 0.6 is 0 Å². The number of benzene rings is 9. The lowest BCUT2D eigenvalue weighted by Gasteiger charge is -2.12. The second-order valence-corrected chi connectivity index (χ2v) is 14.3. The van der Waals surface area contributed by atoms with E-state index in [4.69, 9.17) is 23.8 Å². The Hall–Kier alpha value is -7.63. The smallest absolute Gasteiger partial charge is 0.164 e. The molecular formula is C51H29N3O2. The summed E-state index contributed by atoms with van der Waals surface area (Å²) in [4.78, 5) is 15.2. The molecule has 0 spiro atoms. The molecule has 5 nitrogen and oxygen atoms in total. The third-order valence-corrected chi connectivity index (χ3v) is 11.1. The molecule has 0 N–H and O–H groups in total. The summed E-state index contributed by atoms with van der Waals surface area (Å²) in [5.74, 6) is 1.75. The van der Waals surface area contributed by atoms with Gasteiger partial charge in [0.15, 0.2) is 17.5 Å². The van der Waals surface area contributed by atoms with Crippen LogP contribution in [0.1, 0.15) is 0 Å². The number of furan rings is 2. The van der Waals surface area contributed by atoms with Gasteiger partial charge in [-0.05, 0) is 85.9 Å². The van der Waals surface area contributed by atoms with Crippen molar-refractivity contribution in [3.63, 3.8) is 0 Å². The molecule has 12 rings (SSSR count). The van der Waals surface area contributed by atoms with E-state index in [1.165, 1.54) is 32.3 Å². The van der Waals surface area contributed by atoms with E-state index in [0.717, 1.165) is 71.7 Å². The fourth-order valence-electron chi connectivity index (χ4n) is 8.49. The molecule has 56 heavy (non-hydrogen) atoms. The monoisotopic (exact) mass is 715 g/mol. The van der Waals surface area contributed by atoms with Gasteiger partial charge >= 0.3 is 0 Å². The highest BCUT2D eigenvalue weighted by atomic mass is 16.3. The maximum Gasteiger partial charge on any atom is 0.164 e. The summed E-state index contributed by atoms with van der Waals surface area (Å²) in [6, 6.07) is 61.1. The summed E-state index contributed by atoms with van der Waals surface area (Å²) in [6.45, 7) is 0. The molecular weight excluding hydrogens is 687 g/mol. The first-order valence-corrected chi connectivity index (χ1v) is 18.8. The SMILES string of the molecule is c1ccc(-c2nc(-c3ccc4c(c3)oc3ccc(-c5ccc6c7ccccc7c7ccccc7c6c5)cc34)nc(-c3cccc4oc5ccccc5c34)n2)cc1. The second-order valence-electron chi connectivity index (χ2n) is 14.3. The Bertz CT molecular complexity index is 3510. The molecule has 0 fully saturated rings. The average Bonchev–Trinajstić information content (AvgIpc) is 3.84. The van der Waals surface area contributed by atoms with E-state index in [-0.39, 0.29) is 0 Å². The van der Waals surface area contributed by atoms with Crippen molar-refractivity contribution >= 4 is 76.2 Å². The Kier molecular flexibility index (Phi) is 6.56. The van der Waals surface area contributed by atoms with Crippen LogP contribution in [0.5, 0.6) is 0 Å². The van der Waals surface area contributed by atoms with E-state index in [1.54, 1.807) is 0 Å². The maximum atomic E-state index is 6.52. The van der Waals surface area contributed by atoms with E-state index in [9.17, 15) is 0 Å². The zero-order valence-corrected chi connectivity index (χ0v) is 29.9. The van der Waals surface area contributed by atoms with Gasteiger partial charge in [0.25, 0.3) is 0 Å². The summed E-state index contributed by atoms with van der Waals surface area (Å²) in [7, 11) is 0. The Morgan fingerprint density at radius 2 is 0.786 bits per heavy atom. The molecule has 260 valence electrons. The molecule has 12 aromatic rings. The van der Waals surface area contributed by atoms with Crippen molar-refractivity contribution in [3.8, 4) is 45.3 Å². The van der Waals surface area contributed by atoms with Gasteiger partial charge in [0.2, 0.25) is 0 Å². The number of para-hydroxylation sites is 1. The van der Waals surface area contributed by atoms with Crippen molar-refractivity contribution in [2.75, 3.05) is 0 Å². The Labute approximate surface area is 320 Å². The minimum absolute atomic E-state index is 0.567. The first kappa shape index (κ1) is 30.8. The van der Waals surface area contributed by atoms with E-state index in [0.29, 0.717) is 17.5 Å². The highest BCUT2D eigenvalue weighted by Crippen LogP contribution is 2.40. The molecule has 9 aromatic carbocycles. The van der Waals surface area contributed by atoms with Gasteiger partial charge in [0.1, 0.15) is 22.3 Å². The Morgan fingerprint density at radius 3 is 1.55 bits per heavy atom. The van der Waals surface area contributed by atoms with E-state index in [1.807, 2.05) is 66.7 Å². The molecule has 0 amide bonds. The van der Waals surface area contributed by atoms with Crippen LogP contribution < -0.4 is 0 Å². The van der Waals surface area contributed by atoms with Gasteiger partial charge < -0.3 is 8.83 Å². The summed E-state index contributed by atoms with van der Waals surface area (Å²) in [5, 5.41) is 11.7. The zero-order chi connectivity index (χ0) is 36.7. The Morgan fingerprint density at radius 1 is 0.268 bits per heavy atom. The molecule has 0 aliphatic carbocycles. The van der Waals surface area contributed by atoms with Gasteiger partial charge in [0.05, 0.1) is 0 Å². The summed E-state index contributed by atoms with van der Waals surface area (Å²) >= 11 is 0. The quantitative estimate of drug-likeness (QED) is 0.170. The number of rotatable bonds is 4. The van der Waals surface area contributed by atoms with E-state index in [2.05, 4.69) is 109 Å². The highest BCUT2D eigenvalue weighted by Gasteiger charge is 2.19. The summed E-state index contributed by atoms with van der Waals surface area (Å²) < 4.78 is 12.7. The first-order chi connectivity index (χ1) is 27.7. The normalized spacial score (nSPS) is 11.9. The lowest BCUT2D eigenvalue weighted by molar-refractivity contribution is 0.668. The number of nitrogens with zero attached hydrogens (tertiary/aromatic N) is 3. The topological polar surface area (TPSA) is 65.0 Å². The van der Waals surface area contributed by atoms with Crippen molar-refractivity contribution in [1.29, 1.82) is 0 Å². The largest absolute Gasteiger partial charge is 0.456 e. The summed E-state index contributed by atoms with van der Waals surface area (Å²) in [6.07, 6.45) is 0. The van der Waals surface area contributed by atoms with Crippen LogP contribution in [0.2, 0.25) is 0 Å². The van der Waals surface area contributed by atoms with Crippen molar-refractivity contribution < 1.29 is 8.83 Å². The summed E-state index contributed by atoms with van der Waals surface area (Å²) in [5.41, 5.74) is 8.17. The standard InChI is InChI=1S/C51H29N3O2/c1-2-11-30(12-3-1)49-52-50(54-51(53-49)41-18-10-20-46-48(41)40-17-8-9-19-44(40)55-46)33-22-25-39-43-28-32(23-26-45(43)56-47(39)29-33)31-21-24-38-36-15-5-4-13-34(36)35-14-6-7-16-37(35)42(38)27-31/h1-29H. The van der Waals surface area contributed by atoms with Crippen molar-refractivity contribution in [3.05, 3.63) is 176 Å². The van der Waals surface area contributed by atoms with E-state index >= 15 is 0 Å². The Balaban J connectivity index is 0.996. The molecule has 0 bridgehead atoms. The third kappa shape index (κ3) is 4.71. The fourth-order valence-corrected chi connectivity index (χ4v) is 8.49. The van der Waals surface area contributed by atoms with Gasteiger partial charge in [-0.2, -0.15) is 0 Å². The lowest BCUT2D eigenvalue weighted by atomic mass is 9.92. The van der Waals surface area contributed by atoms with Crippen LogP contribution in [0.15, 0.2) is 185 Å². The molecule has 0 atom stereocenters. The van der Waals surface area contributed by atoms with Crippen LogP contribution in [0, 0.1) is 0 Å². The molecule has 3 aromatic heterocycles. The zero-order valence-electron chi connectivity index (χ0n) is 29.9. The van der Waals surface area contributed by atoms with Gasteiger partial charge in [-0.15, -0.1) is 0 Å². The van der Waals surface area contributed by atoms with Crippen LogP contribution in [-0.2, 0) is 0 Å². The second kappa shape index (κ2) is 11.9. The van der Waals surface area contributed by atoms with Crippen LogP contribution in [-0.4, -0.2) is 15.0 Å². The number of fused-ring (bicyclic) bond motifs is 12. The molecule has 0 saturated heterocycles. The van der Waals surface area contributed by atoms with Gasteiger partial charge in [0, 0.05) is 38.2 Å². The highest BCUT2D eigenvalue weighted by molar-refractivity contribution is 6.26. The van der Waals surface area contributed by atoms with Crippen molar-refractivity contribution in [2.45, 2.75) is 0 Å². The lowest BCUT2D eigenvalue weighted by Crippen LogP contribution is -2.00. The molecule has 0 aliphatic rings. The molecule has 0 unspecified atom stereocenters. The first-order valence-electron chi connectivity index (χ1n) is 18.8. The molecule has 3 heterocycles. The van der Waals surface area contributed by atoms with Crippen molar-refractivity contribution in [1.82, 2.24) is 15.0 Å².